The van der Waals surface area contributed by atoms with Crippen LogP contribution in [0.5, 0.6) is 0 Å². The third-order valence-corrected chi connectivity index (χ3v) is 4.15. The summed E-state index contributed by atoms with van der Waals surface area (Å²) in [7, 11) is 0. The van der Waals surface area contributed by atoms with Crippen LogP contribution in [0.2, 0.25) is 0 Å². The molecule has 0 aromatic heterocycles. The maximum Gasteiger partial charge on any atom is 0.329 e. The minimum atomic E-state index is -1.04. The Hall–Kier alpha value is -1.10. The molecular weight excluding hydrogens is 232 g/mol. The van der Waals surface area contributed by atoms with Crippen LogP contribution in [0.1, 0.15) is 45.4 Å². The molecule has 0 aromatic carbocycles. The van der Waals surface area contributed by atoms with Crippen LogP contribution in [0, 0.1) is 5.92 Å². The number of carbonyl (C=O) groups excluding carboxylic acids is 1. The van der Waals surface area contributed by atoms with E-state index in [1.165, 1.54) is 0 Å². The predicted molar refractivity (Wildman–Crippen MR) is 67.2 cm³/mol. The van der Waals surface area contributed by atoms with Crippen LogP contribution < -0.4 is 10.6 Å². The standard InChI is InChI=1S/C13H22N2O3/c1-9-4-2-6-13(8-9,12(17)18)15-11(16)10-5-3-7-14-10/h9-10,14H,2-8H2,1H3,(H,15,16)(H,17,18)/t9?,10-,13?/m1/s1. The highest BCUT2D eigenvalue weighted by Crippen LogP contribution is 2.32. The molecule has 1 amide bonds. The Morgan fingerprint density at radius 3 is 2.67 bits per heavy atom. The topological polar surface area (TPSA) is 78.4 Å². The third kappa shape index (κ3) is 2.66. The van der Waals surface area contributed by atoms with Crippen LogP contribution in [-0.4, -0.2) is 35.1 Å². The van der Waals surface area contributed by atoms with Crippen molar-refractivity contribution >= 4 is 11.9 Å². The number of hydrogen-bond donors (Lipinski definition) is 3. The first-order valence-corrected chi connectivity index (χ1v) is 6.82. The first-order valence-electron chi connectivity index (χ1n) is 6.82. The third-order valence-electron chi connectivity index (χ3n) is 4.15. The lowest BCUT2D eigenvalue weighted by atomic mass is 9.76. The lowest BCUT2D eigenvalue weighted by molar-refractivity contribution is -0.150. The monoisotopic (exact) mass is 254 g/mol. The van der Waals surface area contributed by atoms with Gasteiger partial charge in [-0.3, -0.25) is 4.79 Å². The predicted octanol–water partition coefficient (Wildman–Crippen LogP) is 0.888. The Morgan fingerprint density at radius 1 is 1.33 bits per heavy atom. The Labute approximate surface area is 107 Å². The maximum absolute atomic E-state index is 12.1. The van der Waals surface area contributed by atoms with Gasteiger partial charge in [0.2, 0.25) is 5.91 Å². The van der Waals surface area contributed by atoms with E-state index in [0.717, 1.165) is 32.2 Å². The first kappa shape index (κ1) is 13.3. The van der Waals surface area contributed by atoms with Gasteiger partial charge in [0.05, 0.1) is 6.04 Å². The van der Waals surface area contributed by atoms with Gasteiger partial charge in [-0.15, -0.1) is 0 Å². The van der Waals surface area contributed by atoms with E-state index in [2.05, 4.69) is 17.6 Å². The van der Waals surface area contributed by atoms with E-state index in [4.69, 9.17) is 0 Å². The molecule has 1 aliphatic heterocycles. The van der Waals surface area contributed by atoms with Gasteiger partial charge in [0.15, 0.2) is 0 Å². The number of rotatable bonds is 3. The number of carbonyl (C=O) groups is 2. The summed E-state index contributed by atoms with van der Waals surface area (Å²) in [6, 6.07) is -0.210. The van der Waals surface area contributed by atoms with Gasteiger partial charge in [-0.05, 0) is 38.1 Å². The van der Waals surface area contributed by atoms with Crippen molar-refractivity contribution in [3.8, 4) is 0 Å². The normalized spacial score (nSPS) is 36.3. The van der Waals surface area contributed by atoms with Crippen LogP contribution in [0.4, 0.5) is 0 Å². The second-order valence-electron chi connectivity index (χ2n) is 5.73. The fourth-order valence-electron chi connectivity index (χ4n) is 3.14. The molecule has 1 heterocycles. The average molecular weight is 254 g/mol. The quantitative estimate of drug-likeness (QED) is 0.699. The van der Waals surface area contributed by atoms with Crippen LogP contribution in [-0.2, 0) is 9.59 Å². The van der Waals surface area contributed by atoms with Crippen molar-refractivity contribution in [3.63, 3.8) is 0 Å². The highest BCUT2D eigenvalue weighted by Gasteiger charge is 2.44. The smallest absolute Gasteiger partial charge is 0.329 e. The molecule has 2 unspecified atom stereocenters. The van der Waals surface area contributed by atoms with E-state index in [1.54, 1.807) is 0 Å². The van der Waals surface area contributed by atoms with Gasteiger partial charge in [0.25, 0.3) is 0 Å². The van der Waals surface area contributed by atoms with Crippen LogP contribution >= 0.6 is 0 Å². The van der Waals surface area contributed by atoms with Gasteiger partial charge in [0, 0.05) is 0 Å². The summed E-state index contributed by atoms with van der Waals surface area (Å²) in [4.78, 5) is 23.6. The fourth-order valence-corrected chi connectivity index (χ4v) is 3.14. The van der Waals surface area contributed by atoms with E-state index >= 15 is 0 Å². The summed E-state index contributed by atoms with van der Waals surface area (Å²) in [6.45, 7) is 2.89. The summed E-state index contributed by atoms with van der Waals surface area (Å²) in [6.07, 6.45) is 4.79. The Kier molecular flexibility index (Phi) is 3.90. The fraction of sp³-hybridized carbons (Fsp3) is 0.846. The number of amides is 1. The molecule has 0 spiro atoms. The van der Waals surface area contributed by atoms with Crippen LogP contribution in [0.3, 0.4) is 0 Å². The first-order chi connectivity index (χ1) is 8.53. The molecule has 5 nitrogen and oxygen atoms in total. The van der Waals surface area contributed by atoms with Crippen molar-refractivity contribution in [1.29, 1.82) is 0 Å². The van der Waals surface area contributed by atoms with E-state index in [-0.39, 0.29) is 11.9 Å². The molecule has 5 heteroatoms. The largest absolute Gasteiger partial charge is 0.480 e. The minimum Gasteiger partial charge on any atom is -0.480 e. The van der Waals surface area contributed by atoms with Crippen molar-refractivity contribution in [2.75, 3.05) is 6.54 Å². The zero-order chi connectivity index (χ0) is 13.2. The lowest BCUT2D eigenvalue weighted by Crippen LogP contribution is -2.59. The molecule has 18 heavy (non-hydrogen) atoms. The molecular formula is C13H22N2O3. The molecule has 2 aliphatic rings. The molecule has 2 fully saturated rings. The number of aliphatic carboxylic acids is 1. The highest BCUT2D eigenvalue weighted by molar-refractivity contribution is 5.89. The average Bonchev–Trinajstić information content (AvgIpc) is 2.82. The Morgan fingerprint density at radius 2 is 2.11 bits per heavy atom. The van der Waals surface area contributed by atoms with Crippen molar-refractivity contribution in [2.45, 2.75) is 57.0 Å². The minimum absolute atomic E-state index is 0.149. The summed E-state index contributed by atoms with van der Waals surface area (Å²) >= 11 is 0. The molecule has 0 aromatic rings. The summed E-state index contributed by atoms with van der Waals surface area (Å²) < 4.78 is 0. The summed E-state index contributed by atoms with van der Waals surface area (Å²) in [5.74, 6) is -0.684. The molecule has 1 aliphatic carbocycles. The Balaban J connectivity index is 2.05. The zero-order valence-electron chi connectivity index (χ0n) is 10.9. The number of hydrogen-bond acceptors (Lipinski definition) is 3. The van der Waals surface area contributed by atoms with Gasteiger partial charge < -0.3 is 15.7 Å². The molecule has 0 bridgehead atoms. The number of carboxylic acids is 1. The molecule has 3 atom stereocenters. The van der Waals surface area contributed by atoms with Gasteiger partial charge in [-0.1, -0.05) is 19.8 Å². The summed E-state index contributed by atoms with van der Waals surface area (Å²) in [5, 5.41) is 15.4. The van der Waals surface area contributed by atoms with E-state index < -0.39 is 11.5 Å². The van der Waals surface area contributed by atoms with Gasteiger partial charge in [0.1, 0.15) is 5.54 Å². The molecule has 2 rings (SSSR count). The van der Waals surface area contributed by atoms with Crippen molar-refractivity contribution < 1.29 is 14.7 Å². The van der Waals surface area contributed by atoms with E-state index in [9.17, 15) is 14.7 Å². The number of carboxylic acid groups (broad SMARTS) is 1. The molecule has 3 N–H and O–H groups in total. The molecule has 0 radical (unpaired) electrons. The molecule has 1 saturated carbocycles. The second-order valence-corrected chi connectivity index (χ2v) is 5.73. The maximum atomic E-state index is 12.1. The van der Waals surface area contributed by atoms with Crippen LogP contribution in [0.15, 0.2) is 0 Å². The lowest BCUT2D eigenvalue weighted by Gasteiger charge is -2.37. The van der Waals surface area contributed by atoms with Crippen molar-refractivity contribution in [1.82, 2.24) is 10.6 Å². The zero-order valence-corrected chi connectivity index (χ0v) is 10.9. The van der Waals surface area contributed by atoms with Gasteiger partial charge in [-0.25, -0.2) is 4.79 Å². The Bertz CT molecular complexity index is 339. The van der Waals surface area contributed by atoms with Gasteiger partial charge >= 0.3 is 5.97 Å². The van der Waals surface area contributed by atoms with Crippen LogP contribution in [0.25, 0.3) is 0 Å². The number of nitrogens with one attached hydrogen (secondary N) is 2. The van der Waals surface area contributed by atoms with E-state index in [1.807, 2.05) is 0 Å². The second kappa shape index (κ2) is 5.26. The SMILES string of the molecule is CC1CCCC(NC(=O)[C@H]2CCCN2)(C(=O)O)C1. The molecule has 102 valence electrons. The molecule has 1 saturated heterocycles. The van der Waals surface area contributed by atoms with Crippen molar-refractivity contribution in [3.05, 3.63) is 0 Å². The van der Waals surface area contributed by atoms with Gasteiger partial charge in [-0.2, -0.15) is 0 Å². The van der Waals surface area contributed by atoms with E-state index in [0.29, 0.717) is 18.8 Å². The summed E-state index contributed by atoms with van der Waals surface area (Å²) in [5.41, 5.74) is -1.04. The van der Waals surface area contributed by atoms with Crippen molar-refractivity contribution in [2.24, 2.45) is 5.92 Å². The highest BCUT2D eigenvalue weighted by atomic mass is 16.4.